The van der Waals surface area contributed by atoms with E-state index in [9.17, 15) is 24.0 Å². The number of nitrogens with one attached hydrogen (secondary N) is 3. The van der Waals surface area contributed by atoms with Crippen LogP contribution in [0.2, 0.25) is 0 Å². The highest BCUT2D eigenvalue weighted by Crippen LogP contribution is 2.39. The molecule has 0 aromatic heterocycles. The summed E-state index contributed by atoms with van der Waals surface area (Å²) in [5, 5.41) is 18.9. The zero-order valence-corrected chi connectivity index (χ0v) is 24.3. The van der Waals surface area contributed by atoms with E-state index in [1.54, 1.807) is 13.0 Å². The number of methoxy groups -OCH3 is 1. The first-order valence-corrected chi connectivity index (χ1v) is 14.3. The summed E-state index contributed by atoms with van der Waals surface area (Å²) in [4.78, 5) is 40.2. The van der Waals surface area contributed by atoms with Gasteiger partial charge in [0, 0.05) is 25.3 Å². The third-order valence-corrected chi connectivity index (χ3v) is 8.16. The molecule has 0 bridgehead atoms. The smallest absolute Gasteiger partial charge is 0.330 e. The Balaban J connectivity index is 1.36. The van der Waals surface area contributed by atoms with E-state index in [0.29, 0.717) is 30.6 Å². The standard InChI is InChI=1S/C32H38FN5O4/c1-21-18-23(10-11-26(21)33)29-28(22(2)39)27(19-42-3)37-31(41)38(29)30(40)36-17-7-16-35-25-12-14-32(20-34,15-13-25)24-8-5-4-6-9-24/h4-6,8-11,18,25,29,35H,7,12-17,19H2,1-3H3,(H,36,40)(H,37,41). The molecule has 222 valence electrons. The van der Waals surface area contributed by atoms with Gasteiger partial charge in [-0.2, -0.15) is 5.26 Å². The fraction of sp³-hybridized carbons (Fsp3) is 0.438. The highest BCUT2D eigenvalue weighted by molar-refractivity contribution is 6.03. The Hall–Kier alpha value is -4.07. The molecule has 1 fully saturated rings. The van der Waals surface area contributed by atoms with Gasteiger partial charge in [0.25, 0.3) is 0 Å². The van der Waals surface area contributed by atoms with Crippen molar-refractivity contribution in [2.45, 2.75) is 63.5 Å². The molecule has 1 atom stereocenters. The number of carbonyl (C=O) groups excluding carboxylic acids is 3. The van der Waals surface area contributed by atoms with E-state index in [2.05, 4.69) is 22.0 Å². The van der Waals surface area contributed by atoms with Gasteiger partial charge in [-0.3, -0.25) is 4.79 Å². The number of benzene rings is 2. The second-order valence-electron chi connectivity index (χ2n) is 11.0. The minimum absolute atomic E-state index is 0.0273. The number of hydrogen-bond donors (Lipinski definition) is 3. The topological polar surface area (TPSA) is 124 Å². The summed E-state index contributed by atoms with van der Waals surface area (Å²) in [5.41, 5.74) is 1.89. The normalized spacial score (nSPS) is 22.4. The van der Waals surface area contributed by atoms with Crippen LogP contribution in [0.25, 0.3) is 0 Å². The Morgan fingerprint density at radius 1 is 1.17 bits per heavy atom. The van der Waals surface area contributed by atoms with Crippen molar-refractivity contribution in [3.8, 4) is 6.07 Å². The molecule has 9 nitrogen and oxygen atoms in total. The van der Waals surface area contributed by atoms with Crippen molar-refractivity contribution < 1.29 is 23.5 Å². The number of amides is 4. The lowest BCUT2D eigenvalue weighted by molar-refractivity contribution is -0.114. The number of nitriles is 1. The predicted molar refractivity (Wildman–Crippen MR) is 156 cm³/mol. The molecule has 1 heterocycles. The van der Waals surface area contributed by atoms with Crippen LogP contribution in [0.3, 0.4) is 0 Å². The van der Waals surface area contributed by atoms with Crippen molar-refractivity contribution in [1.82, 2.24) is 20.9 Å². The third kappa shape index (κ3) is 6.69. The van der Waals surface area contributed by atoms with Crippen LogP contribution < -0.4 is 16.0 Å². The molecular weight excluding hydrogens is 537 g/mol. The number of rotatable bonds is 10. The summed E-state index contributed by atoms with van der Waals surface area (Å²) in [7, 11) is 1.44. The first kappa shape index (κ1) is 30.9. The number of halogens is 1. The molecule has 0 radical (unpaired) electrons. The molecule has 2 aliphatic rings. The fourth-order valence-electron chi connectivity index (χ4n) is 5.91. The van der Waals surface area contributed by atoms with Gasteiger partial charge in [-0.05, 0) is 75.3 Å². The second kappa shape index (κ2) is 13.7. The Bertz CT molecular complexity index is 1380. The minimum Gasteiger partial charge on any atom is -0.378 e. The van der Waals surface area contributed by atoms with Crippen molar-refractivity contribution in [1.29, 1.82) is 5.26 Å². The monoisotopic (exact) mass is 575 g/mol. The van der Waals surface area contributed by atoms with Gasteiger partial charge in [-0.25, -0.2) is 18.9 Å². The quantitative estimate of drug-likeness (QED) is 0.350. The zero-order valence-electron chi connectivity index (χ0n) is 24.3. The average Bonchev–Trinajstić information content (AvgIpc) is 2.98. The van der Waals surface area contributed by atoms with Crippen LogP contribution in [0.5, 0.6) is 0 Å². The Morgan fingerprint density at radius 2 is 1.88 bits per heavy atom. The van der Waals surface area contributed by atoms with Gasteiger partial charge in [0.2, 0.25) is 0 Å². The highest BCUT2D eigenvalue weighted by Gasteiger charge is 2.41. The van der Waals surface area contributed by atoms with Gasteiger partial charge in [0.15, 0.2) is 5.78 Å². The molecule has 1 aliphatic heterocycles. The number of imide groups is 1. The average molecular weight is 576 g/mol. The first-order valence-electron chi connectivity index (χ1n) is 14.3. The van der Waals surface area contributed by atoms with Gasteiger partial charge < -0.3 is 20.7 Å². The molecule has 4 amide bonds. The van der Waals surface area contributed by atoms with E-state index >= 15 is 0 Å². The maximum atomic E-state index is 14.1. The maximum Gasteiger partial charge on any atom is 0.330 e. The number of hydrogen-bond acceptors (Lipinski definition) is 6. The Morgan fingerprint density at radius 3 is 2.50 bits per heavy atom. The van der Waals surface area contributed by atoms with Crippen LogP contribution in [-0.2, 0) is 14.9 Å². The number of urea groups is 2. The number of Topliss-reactive ketones (excluding diaryl/α,β-unsaturated/α-hetero) is 1. The van der Waals surface area contributed by atoms with Crippen molar-refractivity contribution in [2.24, 2.45) is 0 Å². The van der Waals surface area contributed by atoms with E-state index in [0.717, 1.165) is 36.1 Å². The predicted octanol–water partition coefficient (Wildman–Crippen LogP) is 4.78. The van der Waals surface area contributed by atoms with E-state index in [-0.39, 0.29) is 29.7 Å². The summed E-state index contributed by atoms with van der Waals surface area (Å²) < 4.78 is 19.3. The van der Waals surface area contributed by atoms with Gasteiger partial charge >= 0.3 is 12.1 Å². The Kier molecular flexibility index (Phi) is 10.1. The van der Waals surface area contributed by atoms with Gasteiger partial charge in [-0.15, -0.1) is 0 Å². The van der Waals surface area contributed by atoms with Crippen molar-refractivity contribution >= 4 is 17.8 Å². The first-order chi connectivity index (χ1) is 20.2. The number of aryl methyl sites for hydroxylation is 1. The number of nitrogens with zero attached hydrogens (tertiary/aromatic N) is 2. The second-order valence-corrected chi connectivity index (χ2v) is 11.0. The highest BCUT2D eigenvalue weighted by atomic mass is 19.1. The molecule has 1 saturated carbocycles. The van der Waals surface area contributed by atoms with E-state index in [1.807, 2.05) is 30.3 Å². The minimum atomic E-state index is -1.04. The maximum absolute atomic E-state index is 14.1. The number of ketones is 1. The van der Waals surface area contributed by atoms with Crippen LogP contribution in [0.15, 0.2) is 59.8 Å². The molecule has 3 N–H and O–H groups in total. The molecule has 2 aromatic carbocycles. The molecule has 1 unspecified atom stereocenters. The number of ether oxygens (including phenoxy) is 1. The van der Waals surface area contributed by atoms with Crippen LogP contribution in [0.4, 0.5) is 14.0 Å². The lowest BCUT2D eigenvalue weighted by Crippen LogP contribution is -2.55. The molecule has 0 spiro atoms. The summed E-state index contributed by atoms with van der Waals surface area (Å²) >= 11 is 0. The third-order valence-electron chi connectivity index (χ3n) is 8.16. The van der Waals surface area contributed by atoms with Crippen molar-refractivity contribution in [3.05, 3.63) is 82.3 Å². The molecule has 0 saturated heterocycles. The SMILES string of the molecule is COCC1=C(C(C)=O)C(c2ccc(F)c(C)c2)N(C(=O)NCCCNC2CCC(C#N)(c3ccccc3)CC2)C(=O)N1. The van der Waals surface area contributed by atoms with Crippen LogP contribution in [0.1, 0.15) is 61.8 Å². The van der Waals surface area contributed by atoms with Crippen LogP contribution in [-0.4, -0.2) is 55.6 Å². The van der Waals surface area contributed by atoms with E-state index in [1.165, 1.54) is 26.2 Å². The molecule has 42 heavy (non-hydrogen) atoms. The molecule has 10 heteroatoms. The summed E-state index contributed by atoms with van der Waals surface area (Å²) in [6.45, 7) is 3.87. The van der Waals surface area contributed by atoms with Gasteiger partial charge in [0.1, 0.15) is 5.82 Å². The number of carbonyl (C=O) groups is 3. The lowest BCUT2D eigenvalue weighted by Gasteiger charge is -2.37. The lowest BCUT2D eigenvalue weighted by atomic mass is 9.69. The molecule has 1 aliphatic carbocycles. The van der Waals surface area contributed by atoms with Gasteiger partial charge in [-0.1, -0.05) is 42.5 Å². The van der Waals surface area contributed by atoms with Gasteiger partial charge in [0.05, 0.1) is 29.8 Å². The van der Waals surface area contributed by atoms with E-state index < -0.39 is 29.3 Å². The summed E-state index contributed by atoms with van der Waals surface area (Å²) in [5.74, 6) is -0.763. The largest absolute Gasteiger partial charge is 0.378 e. The van der Waals surface area contributed by atoms with Crippen molar-refractivity contribution in [2.75, 3.05) is 26.8 Å². The van der Waals surface area contributed by atoms with E-state index in [4.69, 9.17) is 4.74 Å². The fourth-order valence-corrected chi connectivity index (χ4v) is 5.91. The summed E-state index contributed by atoms with van der Waals surface area (Å²) in [6, 6.07) is 14.7. The van der Waals surface area contributed by atoms with Crippen molar-refractivity contribution in [3.63, 3.8) is 0 Å². The summed E-state index contributed by atoms with van der Waals surface area (Å²) in [6.07, 6.45) is 3.95. The Labute approximate surface area is 246 Å². The molecule has 2 aromatic rings. The van der Waals surface area contributed by atoms with Crippen LogP contribution >= 0.6 is 0 Å². The zero-order chi connectivity index (χ0) is 30.3. The molecule has 4 rings (SSSR count). The van der Waals surface area contributed by atoms with Crippen LogP contribution in [0, 0.1) is 24.1 Å². The molecular formula is C32H38FN5O4.